The molecule has 116 valence electrons. The summed E-state index contributed by atoms with van der Waals surface area (Å²) in [7, 11) is 3.71. The minimum absolute atomic E-state index is 0.0455. The van der Waals surface area contributed by atoms with E-state index in [4.69, 9.17) is 11.6 Å². The summed E-state index contributed by atoms with van der Waals surface area (Å²) < 4.78 is 0. The predicted octanol–water partition coefficient (Wildman–Crippen LogP) is 2.24. The third-order valence-electron chi connectivity index (χ3n) is 2.75. The van der Waals surface area contributed by atoms with Crippen molar-refractivity contribution in [2.45, 2.75) is 6.54 Å². The number of aromatic nitrogens is 2. The maximum absolute atomic E-state index is 11.7. The SMILES string of the molecule is CN(C)CC(=O)Nc1cccc(CNc2cncc(Cl)n2)c1. The molecule has 1 aromatic heterocycles. The van der Waals surface area contributed by atoms with Crippen LogP contribution in [0.25, 0.3) is 0 Å². The molecule has 6 nitrogen and oxygen atoms in total. The van der Waals surface area contributed by atoms with Crippen LogP contribution in [-0.2, 0) is 11.3 Å². The van der Waals surface area contributed by atoms with Crippen LogP contribution < -0.4 is 10.6 Å². The first-order valence-corrected chi connectivity index (χ1v) is 7.15. The number of rotatable bonds is 6. The maximum Gasteiger partial charge on any atom is 0.238 e. The Kier molecular flexibility index (Phi) is 5.68. The van der Waals surface area contributed by atoms with Crippen molar-refractivity contribution in [3.63, 3.8) is 0 Å². The monoisotopic (exact) mass is 319 g/mol. The van der Waals surface area contributed by atoms with Crippen LogP contribution in [0.5, 0.6) is 0 Å². The molecule has 0 spiro atoms. The predicted molar refractivity (Wildman–Crippen MR) is 88.0 cm³/mol. The van der Waals surface area contributed by atoms with Crippen molar-refractivity contribution in [2.24, 2.45) is 0 Å². The molecule has 0 aliphatic heterocycles. The van der Waals surface area contributed by atoms with E-state index in [-0.39, 0.29) is 5.91 Å². The van der Waals surface area contributed by atoms with Gasteiger partial charge < -0.3 is 15.5 Å². The van der Waals surface area contributed by atoms with Crippen LogP contribution in [0, 0.1) is 0 Å². The number of nitrogens with one attached hydrogen (secondary N) is 2. The highest BCUT2D eigenvalue weighted by atomic mass is 35.5. The number of likely N-dealkylation sites (N-methyl/N-ethyl adjacent to an activating group) is 1. The summed E-state index contributed by atoms with van der Waals surface area (Å²) in [6.07, 6.45) is 3.09. The van der Waals surface area contributed by atoms with Gasteiger partial charge in [0.2, 0.25) is 5.91 Å². The Hall–Kier alpha value is -2.18. The molecule has 2 aromatic rings. The molecule has 0 aliphatic rings. The van der Waals surface area contributed by atoms with E-state index < -0.39 is 0 Å². The van der Waals surface area contributed by atoms with Gasteiger partial charge in [0.1, 0.15) is 11.0 Å². The van der Waals surface area contributed by atoms with Crippen molar-refractivity contribution >= 4 is 29.0 Å². The van der Waals surface area contributed by atoms with Gasteiger partial charge in [-0.25, -0.2) is 4.98 Å². The van der Waals surface area contributed by atoms with E-state index in [0.717, 1.165) is 11.3 Å². The normalized spacial score (nSPS) is 10.5. The van der Waals surface area contributed by atoms with Crippen molar-refractivity contribution in [2.75, 3.05) is 31.3 Å². The average Bonchev–Trinajstić information content (AvgIpc) is 2.44. The van der Waals surface area contributed by atoms with Crippen molar-refractivity contribution in [3.05, 3.63) is 47.4 Å². The molecule has 0 saturated carbocycles. The molecule has 1 heterocycles. The van der Waals surface area contributed by atoms with Crippen LogP contribution in [0.2, 0.25) is 5.15 Å². The molecule has 1 amide bonds. The number of nitrogens with zero attached hydrogens (tertiary/aromatic N) is 3. The molecule has 1 aromatic carbocycles. The zero-order valence-corrected chi connectivity index (χ0v) is 13.3. The van der Waals surface area contributed by atoms with Crippen LogP contribution in [-0.4, -0.2) is 41.4 Å². The summed E-state index contributed by atoms with van der Waals surface area (Å²) in [5.74, 6) is 0.561. The zero-order chi connectivity index (χ0) is 15.9. The van der Waals surface area contributed by atoms with Gasteiger partial charge in [-0.05, 0) is 31.8 Å². The molecule has 2 rings (SSSR count). The van der Waals surface area contributed by atoms with Gasteiger partial charge in [-0.15, -0.1) is 0 Å². The lowest BCUT2D eigenvalue weighted by Crippen LogP contribution is -2.27. The van der Waals surface area contributed by atoms with Crippen molar-refractivity contribution in [3.8, 4) is 0 Å². The fourth-order valence-corrected chi connectivity index (χ4v) is 2.01. The van der Waals surface area contributed by atoms with Gasteiger partial charge in [0.05, 0.1) is 18.9 Å². The van der Waals surface area contributed by atoms with Crippen molar-refractivity contribution < 1.29 is 4.79 Å². The number of carbonyl (C=O) groups is 1. The lowest BCUT2D eigenvalue weighted by atomic mass is 10.2. The first-order chi connectivity index (χ1) is 10.5. The molecule has 0 unspecified atom stereocenters. The second-order valence-electron chi connectivity index (χ2n) is 5.07. The molecule has 0 atom stereocenters. The van der Waals surface area contributed by atoms with Gasteiger partial charge in [-0.2, -0.15) is 0 Å². The van der Waals surface area contributed by atoms with E-state index in [2.05, 4.69) is 20.6 Å². The number of anilines is 2. The molecule has 0 fully saturated rings. The summed E-state index contributed by atoms with van der Waals surface area (Å²) >= 11 is 5.79. The number of benzene rings is 1. The molecule has 22 heavy (non-hydrogen) atoms. The second kappa shape index (κ2) is 7.72. The Balaban J connectivity index is 1.95. The molecular formula is C15H18ClN5O. The van der Waals surface area contributed by atoms with E-state index in [1.165, 1.54) is 6.20 Å². The summed E-state index contributed by atoms with van der Waals surface area (Å²) in [6.45, 7) is 0.910. The Morgan fingerprint density at radius 1 is 1.32 bits per heavy atom. The maximum atomic E-state index is 11.7. The number of halogens is 1. The van der Waals surface area contributed by atoms with Crippen LogP contribution in [0.3, 0.4) is 0 Å². The lowest BCUT2D eigenvalue weighted by molar-refractivity contribution is -0.116. The summed E-state index contributed by atoms with van der Waals surface area (Å²) in [4.78, 5) is 21.6. The minimum Gasteiger partial charge on any atom is -0.365 e. The van der Waals surface area contributed by atoms with E-state index >= 15 is 0 Å². The smallest absolute Gasteiger partial charge is 0.238 e. The Bertz CT molecular complexity index is 647. The first-order valence-electron chi connectivity index (χ1n) is 6.78. The van der Waals surface area contributed by atoms with Gasteiger partial charge >= 0.3 is 0 Å². The van der Waals surface area contributed by atoms with E-state index in [1.807, 2.05) is 43.3 Å². The topological polar surface area (TPSA) is 70.2 Å². The minimum atomic E-state index is -0.0455. The average molecular weight is 320 g/mol. The molecule has 0 saturated heterocycles. The van der Waals surface area contributed by atoms with E-state index in [1.54, 1.807) is 6.20 Å². The highest BCUT2D eigenvalue weighted by Crippen LogP contribution is 2.13. The van der Waals surface area contributed by atoms with Crippen LogP contribution in [0.4, 0.5) is 11.5 Å². The number of hydrogen-bond acceptors (Lipinski definition) is 5. The van der Waals surface area contributed by atoms with Gasteiger partial charge in [-0.3, -0.25) is 9.78 Å². The molecule has 2 N–H and O–H groups in total. The van der Waals surface area contributed by atoms with Gasteiger partial charge in [-0.1, -0.05) is 23.7 Å². The van der Waals surface area contributed by atoms with Crippen LogP contribution in [0.15, 0.2) is 36.7 Å². The Morgan fingerprint density at radius 3 is 2.86 bits per heavy atom. The Morgan fingerprint density at radius 2 is 2.14 bits per heavy atom. The zero-order valence-electron chi connectivity index (χ0n) is 12.5. The molecule has 7 heteroatoms. The third kappa shape index (κ3) is 5.31. The van der Waals surface area contributed by atoms with Crippen LogP contribution in [0.1, 0.15) is 5.56 Å². The largest absolute Gasteiger partial charge is 0.365 e. The molecule has 0 aliphatic carbocycles. The Labute approximate surface area is 134 Å². The van der Waals surface area contributed by atoms with E-state index in [0.29, 0.717) is 24.1 Å². The van der Waals surface area contributed by atoms with Crippen molar-refractivity contribution in [1.29, 1.82) is 0 Å². The van der Waals surface area contributed by atoms with Gasteiger partial charge in [0.15, 0.2) is 0 Å². The standard InChI is InChI=1S/C15H18ClN5O/c1-21(2)10-15(22)19-12-5-3-4-11(6-12)7-18-14-9-17-8-13(16)20-14/h3-6,8-9H,7,10H2,1-2H3,(H,18,20)(H,19,22). The quantitative estimate of drug-likeness (QED) is 0.854. The summed E-state index contributed by atoms with van der Waals surface area (Å²) in [5.41, 5.74) is 1.78. The summed E-state index contributed by atoms with van der Waals surface area (Å²) in [6, 6.07) is 7.63. The molecule has 0 radical (unpaired) electrons. The highest BCUT2D eigenvalue weighted by molar-refractivity contribution is 6.29. The van der Waals surface area contributed by atoms with Crippen molar-refractivity contribution in [1.82, 2.24) is 14.9 Å². The van der Waals surface area contributed by atoms with Gasteiger partial charge in [0, 0.05) is 12.2 Å². The highest BCUT2D eigenvalue weighted by Gasteiger charge is 2.04. The lowest BCUT2D eigenvalue weighted by Gasteiger charge is -2.11. The number of amides is 1. The van der Waals surface area contributed by atoms with Crippen LogP contribution >= 0.6 is 11.6 Å². The van der Waals surface area contributed by atoms with E-state index in [9.17, 15) is 4.79 Å². The number of hydrogen-bond donors (Lipinski definition) is 2. The fourth-order valence-electron chi connectivity index (χ4n) is 1.87. The number of carbonyl (C=O) groups excluding carboxylic acids is 1. The second-order valence-corrected chi connectivity index (χ2v) is 5.45. The van der Waals surface area contributed by atoms with Gasteiger partial charge in [0.25, 0.3) is 0 Å². The molecular weight excluding hydrogens is 302 g/mol. The molecule has 0 bridgehead atoms. The first kappa shape index (κ1) is 16.2. The summed E-state index contributed by atoms with van der Waals surface area (Å²) in [5, 5.41) is 6.34. The fraction of sp³-hybridized carbons (Fsp3) is 0.267. The third-order valence-corrected chi connectivity index (χ3v) is 2.93.